The molecule has 2 rings (SSSR count). The van der Waals surface area contributed by atoms with E-state index in [4.69, 9.17) is 23.2 Å². The van der Waals surface area contributed by atoms with Gasteiger partial charge in [0.2, 0.25) is 0 Å². The topological polar surface area (TPSA) is 37.0 Å². The number of nitrogens with zero attached hydrogens (tertiary/aromatic N) is 1. The third-order valence-corrected chi connectivity index (χ3v) is 4.23. The summed E-state index contributed by atoms with van der Waals surface area (Å²) in [6.07, 6.45) is 0. The van der Waals surface area contributed by atoms with Gasteiger partial charge in [-0.1, -0.05) is 23.2 Å². The van der Waals surface area contributed by atoms with Crippen molar-refractivity contribution in [2.24, 2.45) is 0 Å². The number of pyridine rings is 1. The summed E-state index contributed by atoms with van der Waals surface area (Å²) in [6.45, 7) is 0. The second-order valence-corrected chi connectivity index (χ2v) is 5.36. The molecule has 0 aliphatic carbocycles. The number of benzene rings is 1. The molecule has 1 aromatic carbocycles. The van der Waals surface area contributed by atoms with Crippen LogP contribution in [0, 0.1) is 11.6 Å². The van der Waals surface area contributed by atoms with Crippen molar-refractivity contribution in [2.45, 2.75) is 0 Å². The van der Waals surface area contributed by atoms with Crippen molar-refractivity contribution in [1.82, 2.24) is 4.98 Å². The quantitative estimate of drug-likeness (QED) is 0.715. The normalized spacial score (nSPS) is 10.5. The Hall–Kier alpha value is -1.11. The standard InChI is InChI=1S/C12H8BrCl2F2N3/c1-18-11-6(16)4-7(17)12(20-11)19-8-3-2-5(13)9(14)10(8)15/h2-4H,1H3,(H2,18,19,20). The molecule has 3 nitrogen and oxygen atoms in total. The van der Waals surface area contributed by atoms with Gasteiger partial charge < -0.3 is 10.6 Å². The first-order chi connectivity index (χ1) is 9.43. The van der Waals surface area contributed by atoms with Gasteiger partial charge in [-0.2, -0.15) is 0 Å². The lowest BCUT2D eigenvalue weighted by Crippen LogP contribution is -2.04. The van der Waals surface area contributed by atoms with Crippen LogP contribution in [0.5, 0.6) is 0 Å². The number of hydrogen-bond donors (Lipinski definition) is 2. The van der Waals surface area contributed by atoms with E-state index in [1.807, 2.05) is 0 Å². The number of hydrogen-bond acceptors (Lipinski definition) is 3. The molecule has 0 bridgehead atoms. The third-order valence-electron chi connectivity index (χ3n) is 2.45. The molecule has 106 valence electrons. The van der Waals surface area contributed by atoms with E-state index in [9.17, 15) is 8.78 Å². The summed E-state index contributed by atoms with van der Waals surface area (Å²) in [4.78, 5) is 3.79. The minimum absolute atomic E-state index is 0.0757. The zero-order valence-electron chi connectivity index (χ0n) is 10.1. The predicted molar refractivity (Wildman–Crippen MR) is 81.1 cm³/mol. The number of rotatable bonds is 3. The summed E-state index contributed by atoms with van der Waals surface area (Å²) in [5.41, 5.74) is 0.361. The third kappa shape index (κ3) is 2.97. The largest absolute Gasteiger partial charge is 0.371 e. The zero-order valence-corrected chi connectivity index (χ0v) is 13.2. The molecule has 0 saturated heterocycles. The molecule has 0 amide bonds. The molecule has 0 aliphatic rings. The summed E-state index contributed by atoms with van der Waals surface area (Å²) in [5, 5.41) is 5.70. The van der Waals surface area contributed by atoms with E-state index in [1.165, 1.54) is 7.05 Å². The molecule has 0 unspecified atom stereocenters. The summed E-state index contributed by atoms with van der Waals surface area (Å²) < 4.78 is 27.6. The van der Waals surface area contributed by atoms with Crippen LogP contribution in [-0.4, -0.2) is 12.0 Å². The van der Waals surface area contributed by atoms with Gasteiger partial charge >= 0.3 is 0 Å². The van der Waals surface area contributed by atoms with Crippen LogP contribution < -0.4 is 10.6 Å². The molecule has 1 heterocycles. The van der Waals surface area contributed by atoms with Gasteiger partial charge in [-0.25, -0.2) is 13.8 Å². The van der Waals surface area contributed by atoms with Crippen molar-refractivity contribution < 1.29 is 8.78 Å². The first-order valence-electron chi connectivity index (χ1n) is 5.38. The summed E-state index contributed by atoms with van der Waals surface area (Å²) in [7, 11) is 1.48. The van der Waals surface area contributed by atoms with Crippen LogP contribution in [0.4, 0.5) is 26.1 Å². The molecule has 0 spiro atoms. The van der Waals surface area contributed by atoms with Crippen molar-refractivity contribution >= 4 is 56.5 Å². The molecule has 0 fully saturated rings. The van der Waals surface area contributed by atoms with E-state index >= 15 is 0 Å². The Labute approximate surface area is 132 Å². The van der Waals surface area contributed by atoms with Crippen molar-refractivity contribution in [3.63, 3.8) is 0 Å². The molecule has 1 aromatic heterocycles. The Bertz CT molecular complexity index is 668. The zero-order chi connectivity index (χ0) is 14.9. The lowest BCUT2D eigenvalue weighted by Gasteiger charge is -2.12. The molecule has 0 atom stereocenters. The second-order valence-electron chi connectivity index (χ2n) is 3.75. The van der Waals surface area contributed by atoms with Crippen LogP contribution in [0.15, 0.2) is 22.7 Å². The first kappa shape index (κ1) is 15.3. The van der Waals surface area contributed by atoms with Gasteiger partial charge in [0.05, 0.1) is 15.7 Å². The number of aromatic nitrogens is 1. The van der Waals surface area contributed by atoms with E-state index in [0.717, 1.165) is 6.07 Å². The maximum atomic E-state index is 13.7. The number of halogens is 5. The predicted octanol–water partition coefficient (Wildman–Crippen LogP) is 5.21. The van der Waals surface area contributed by atoms with Gasteiger partial charge in [0, 0.05) is 17.6 Å². The van der Waals surface area contributed by atoms with Gasteiger partial charge in [0.1, 0.15) is 0 Å². The molecule has 2 aromatic rings. The number of anilines is 3. The molecule has 0 aliphatic heterocycles. The van der Waals surface area contributed by atoms with Crippen LogP contribution in [0.25, 0.3) is 0 Å². The minimum Gasteiger partial charge on any atom is -0.371 e. The molecule has 8 heteroatoms. The van der Waals surface area contributed by atoms with Crippen molar-refractivity contribution in [3.05, 3.63) is 44.4 Å². The van der Waals surface area contributed by atoms with Gasteiger partial charge in [-0.05, 0) is 28.1 Å². The van der Waals surface area contributed by atoms with E-state index in [1.54, 1.807) is 12.1 Å². The number of nitrogens with one attached hydrogen (secondary N) is 2. The molecular formula is C12H8BrCl2F2N3. The monoisotopic (exact) mass is 381 g/mol. The Morgan fingerprint density at radius 1 is 1.10 bits per heavy atom. The van der Waals surface area contributed by atoms with E-state index < -0.39 is 11.6 Å². The lowest BCUT2D eigenvalue weighted by molar-refractivity contribution is 0.580. The average Bonchev–Trinajstić information content (AvgIpc) is 2.42. The SMILES string of the molecule is CNc1nc(Nc2ccc(Br)c(Cl)c2Cl)c(F)cc1F. The van der Waals surface area contributed by atoms with Crippen LogP contribution in [0.2, 0.25) is 10.0 Å². The summed E-state index contributed by atoms with van der Waals surface area (Å²) >= 11 is 15.2. The van der Waals surface area contributed by atoms with Gasteiger partial charge in [-0.15, -0.1) is 0 Å². The van der Waals surface area contributed by atoms with E-state index in [-0.39, 0.29) is 21.7 Å². The van der Waals surface area contributed by atoms with Crippen LogP contribution in [-0.2, 0) is 0 Å². The highest BCUT2D eigenvalue weighted by Gasteiger charge is 2.14. The summed E-state index contributed by atoms with van der Waals surface area (Å²) in [6, 6.07) is 3.98. The molecule has 20 heavy (non-hydrogen) atoms. The van der Waals surface area contributed by atoms with Crippen LogP contribution in [0.3, 0.4) is 0 Å². The maximum absolute atomic E-state index is 13.7. The van der Waals surface area contributed by atoms with Gasteiger partial charge in [0.15, 0.2) is 23.3 Å². The Morgan fingerprint density at radius 2 is 1.75 bits per heavy atom. The van der Waals surface area contributed by atoms with Crippen molar-refractivity contribution in [1.29, 1.82) is 0 Å². The molecule has 0 radical (unpaired) electrons. The molecule has 2 N–H and O–H groups in total. The molecule has 0 saturated carbocycles. The van der Waals surface area contributed by atoms with Crippen LogP contribution >= 0.6 is 39.1 Å². The highest BCUT2D eigenvalue weighted by atomic mass is 79.9. The van der Waals surface area contributed by atoms with Gasteiger partial charge in [-0.3, -0.25) is 0 Å². The van der Waals surface area contributed by atoms with E-state index in [0.29, 0.717) is 10.2 Å². The Morgan fingerprint density at radius 3 is 2.40 bits per heavy atom. The van der Waals surface area contributed by atoms with E-state index in [2.05, 4.69) is 31.5 Å². The Kier molecular flexibility index (Phi) is 4.67. The maximum Gasteiger partial charge on any atom is 0.169 e. The van der Waals surface area contributed by atoms with Crippen LogP contribution in [0.1, 0.15) is 0 Å². The smallest absolute Gasteiger partial charge is 0.169 e. The molecular weight excluding hydrogens is 375 g/mol. The fraction of sp³-hybridized carbons (Fsp3) is 0.0833. The highest BCUT2D eigenvalue weighted by molar-refractivity contribution is 9.10. The fourth-order valence-electron chi connectivity index (χ4n) is 1.48. The Balaban J connectivity index is 2.42. The van der Waals surface area contributed by atoms with Crippen molar-refractivity contribution in [2.75, 3.05) is 17.7 Å². The minimum atomic E-state index is -0.836. The fourth-order valence-corrected chi connectivity index (χ4v) is 2.30. The van der Waals surface area contributed by atoms with Crippen molar-refractivity contribution in [3.8, 4) is 0 Å². The average molecular weight is 383 g/mol. The summed E-state index contributed by atoms with van der Waals surface area (Å²) in [5.74, 6) is -1.85. The van der Waals surface area contributed by atoms with Gasteiger partial charge in [0.25, 0.3) is 0 Å². The first-order valence-corrected chi connectivity index (χ1v) is 6.93. The lowest BCUT2D eigenvalue weighted by atomic mass is 10.3. The highest BCUT2D eigenvalue weighted by Crippen LogP contribution is 2.37. The second kappa shape index (κ2) is 6.11.